The fourth-order valence-electron chi connectivity index (χ4n) is 6.50. The summed E-state index contributed by atoms with van der Waals surface area (Å²) in [7, 11) is 0. The predicted molar refractivity (Wildman–Crippen MR) is 312 cm³/mol. The number of nitrogens with two attached hydrogens (primary N) is 1. The van der Waals surface area contributed by atoms with Crippen molar-refractivity contribution in [2.45, 2.75) is 130 Å². The van der Waals surface area contributed by atoms with Crippen LogP contribution in [-0.4, -0.2) is 99.0 Å². The summed E-state index contributed by atoms with van der Waals surface area (Å²) in [6, 6.07) is 48.3. The van der Waals surface area contributed by atoms with Gasteiger partial charge in [-0.1, -0.05) is 163 Å². The van der Waals surface area contributed by atoms with Gasteiger partial charge in [0.2, 0.25) is 0 Å². The third-order valence-electron chi connectivity index (χ3n) is 10.9. The molecule has 0 aliphatic carbocycles. The van der Waals surface area contributed by atoms with Gasteiger partial charge in [0, 0.05) is 43.7 Å². The average Bonchev–Trinajstić information content (AvgIpc) is 3.47. The Kier molecular flexibility index (Phi) is 43.2. The lowest BCUT2D eigenvalue weighted by atomic mass is 10.0. The number of aryl methyl sites for hydroxylation is 3. The highest BCUT2D eigenvalue weighted by Gasteiger charge is 2.09. The minimum atomic E-state index is -0.914. The SMILES string of the molecule is CCOC(=O)CCC(=O)/C=C/c1ccccc1.CCOC(=O)CCC(C)=O.NC(CCC(=O)O)CCc1ccccc1.O=C(O)CC/C(CCc1ccccc1)=N/O.O=C(O)CCC(=O)CCc1ccccc1.O=Cc1ccccc1. The number of esters is 2. The van der Waals surface area contributed by atoms with Gasteiger partial charge in [-0.25, -0.2) is 0 Å². The van der Waals surface area contributed by atoms with E-state index >= 15 is 0 Å². The van der Waals surface area contributed by atoms with Crippen LogP contribution in [0, 0.1) is 0 Å². The van der Waals surface area contributed by atoms with Crippen LogP contribution in [0.5, 0.6) is 0 Å². The van der Waals surface area contributed by atoms with Crippen molar-refractivity contribution in [1.29, 1.82) is 0 Å². The summed E-state index contributed by atoms with van der Waals surface area (Å²) in [4.78, 5) is 95.5. The maximum Gasteiger partial charge on any atom is 0.306 e. The molecule has 5 aromatic carbocycles. The van der Waals surface area contributed by atoms with Crippen molar-refractivity contribution >= 4 is 65.3 Å². The zero-order valence-electron chi connectivity index (χ0n) is 46.8. The van der Waals surface area contributed by atoms with Gasteiger partial charge in [0.05, 0.1) is 44.6 Å². The number of ketones is 3. The molecule has 0 spiro atoms. The number of benzene rings is 5. The van der Waals surface area contributed by atoms with Crippen molar-refractivity contribution in [1.82, 2.24) is 0 Å². The van der Waals surface area contributed by atoms with Gasteiger partial charge in [-0.15, -0.1) is 0 Å². The van der Waals surface area contributed by atoms with E-state index < -0.39 is 17.9 Å². The summed E-state index contributed by atoms with van der Waals surface area (Å²) >= 11 is 0. The van der Waals surface area contributed by atoms with E-state index in [1.54, 1.807) is 32.1 Å². The number of carboxylic acid groups (broad SMARTS) is 3. The number of aldehydes is 1. The average molecular weight is 1120 g/mol. The Morgan fingerprint density at radius 2 is 0.889 bits per heavy atom. The summed E-state index contributed by atoms with van der Waals surface area (Å²) in [6.45, 7) is 5.68. The minimum absolute atomic E-state index is 0.00812. The standard InChI is InChI=1S/C14H16O3.C12H15NO3.C12H17NO2.C12H14O3.C7H12O3.C7H6O/c1-2-17-14(16)11-10-13(15)9-8-12-6-4-3-5-7-12;14-12(15)9-8-11(13-16)7-6-10-4-2-1-3-5-10;2*13-11(8-9-12(14)15)7-6-10-4-2-1-3-5-10;1-3-10-7(9)5-4-6(2)8;8-6-7-4-2-1-3-5-7/h3-9H,2,10-11H2,1H3;1-5,16H,6-9H2,(H,14,15);1-5,11H,6-9,13H2,(H,14,15);1-5H,6-9H2,(H,14,15);3-5H2,1-2H3;1-6H/b9-8+;13-11+;;;;. The van der Waals surface area contributed by atoms with E-state index in [-0.39, 0.29) is 80.3 Å². The van der Waals surface area contributed by atoms with Gasteiger partial charge in [-0.2, -0.15) is 0 Å². The first kappa shape index (κ1) is 72.3. The number of aliphatic carboxylic acids is 3. The van der Waals surface area contributed by atoms with E-state index in [1.807, 2.05) is 127 Å². The molecule has 0 heterocycles. The zero-order valence-corrected chi connectivity index (χ0v) is 46.8. The third kappa shape index (κ3) is 46.0. The lowest BCUT2D eigenvalue weighted by Crippen LogP contribution is -2.21. The van der Waals surface area contributed by atoms with Crippen LogP contribution in [0.4, 0.5) is 0 Å². The molecule has 5 aromatic rings. The quantitative estimate of drug-likeness (QED) is 0.00742. The van der Waals surface area contributed by atoms with E-state index in [0.717, 1.165) is 47.8 Å². The summed E-state index contributed by atoms with van der Waals surface area (Å²) in [6.07, 6.45) is 10.3. The van der Waals surface area contributed by atoms with Crippen LogP contribution < -0.4 is 5.73 Å². The molecular weight excluding hydrogens is 1040 g/mol. The molecule has 17 heteroatoms. The molecule has 0 aliphatic heterocycles. The van der Waals surface area contributed by atoms with Gasteiger partial charge in [0.15, 0.2) is 5.78 Å². The summed E-state index contributed by atoms with van der Waals surface area (Å²) in [5.74, 6) is -3.21. The van der Waals surface area contributed by atoms with Crippen LogP contribution in [0.1, 0.15) is 137 Å². The second-order valence-electron chi connectivity index (χ2n) is 17.7. The third-order valence-corrected chi connectivity index (χ3v) is 10.9. The van der Waals surface area contributed by atoms with Crippen molar-refractivity contribution in [2.24, 2.45) is 10.9 Å². The summed E-state index contributed by atoms with van der Waals surface area (Å²) in [5, 5.41) is 37.2. The Morgan fingerprint density at radius 1 is 0.481 bits per heavy atom. The number of nitrogens with zero attached hydrogens (tertiary/aromatic N) is 1. The number of Topliss-reactive ketones (excluding diaryl/α,β-unsaturated/α-hetero) is 2. The molecule has 0 fully saturated rings. The Hall–Kier alpha value is -8.70. The maximum absolute atomic E-state index is 11.4. The predicted octanol–water partition coefficient (Wildman–Crippen LogP) is 11.2. The lowest BCUT2D eigenvalue weighted by molar-refractivity contribution is -0.144. The molecule has 0 radical (unpaired) electrons. The molecule has 0 saturated heterocycles. The first-order valence-electron chi connectivity index (χ1n) is 26.7. The topological polar surface area (TPSA) is 291 Å². The minimum Gasteiger partial charge on any atom is -0.481 e. The Bertz CT molecular complexity index is 2590. The van der Waals surface area contributed by atoms with Gasteiger partial charge in [-0.3, -0.25) is 38.4 Å². The number of oxime groups is 1. The number of hydrogen-bond donors (Lipinski definition) is 5. The summed E-state index contributed by atoms with van der Waals surface area (Å²) in [5.41, 5.74) is 11.6. The number of carbonyl (C=O) groups excluding carboxylic acids is 6. The highest BCUT2D eigenvalue weighted by Crippen LogP contribution is 2.09. The van der Waals surface area contributed by atoms with Crippen LogP contribution in [0.2, 0.25) is 0 Å². The van der Waals surface area contributed by atoms with Crippen molar-refractivity contribution in [3.8, 4) is 0 Å². The van der Waals surface area contributed by atoms with Gasteiger partial charge < -0.3 is 40.5 Å². The van der Waals surface area contributed by atoms with E-state index in [2.05, 4.69) is 22.0 Å². The smallest absolute Gasteiger partial charge is 0.306 e. The number of rotatable bonds is 29. The Balaban J connectivity index is 0.000000962. The molecule has 0 bridgehead atoms. The molecule has 0 aromatic heterocycles. The number of ether oxygens (including phenoxy) is 2. The molecule has 5 rings (SSSR count). The van der Waals surface area contributed by atoms with E-state index in [9.17, 15) is 43.2 Å². The van der Waals surface area contributed by atoms with Crippen LogP contribution in [-0.2, 0) is 67.1 Å². The van der Waals surface area contributed by atoms with E-state index in [1.165, 1.54) is 18.6 Å². The second kappa shape index (κ2) is 48.4. The molecular formula is C64H80N2O15. The summed E-state index contributed by atoms with van der Waals surface area (Å²) < 4.78 is 9.34. The lowest BCUT2D eigenvalue weighted by Gasteiger charge is -2.09. The zero-order chi connectivity index (χ0) is 60.3. The van der Waals surface area contributed by atoms with Crippen molar-refractivity contribution < 1.29 is 73.2 Å². The van der Waals surface area contributed by atoms with E-state index in [4.69, 9.17) is 31.0 Å². The van der Waals surface area contributed by atoms with Crippen LogP contribution in [0.3, 0.4) is 0 Å². The Labute approximate surface area is 475 Å². The molecule has 436 valence electrons. The van der Waals surface area contributed by atoms with Gasteiger partial charge in [0.25, 0.3) is 0 Å². The van der Waals surface area contributed by atoms with Crippen molar-refractivity contribution in [3.05, 3.63) is 186 Å². The van der Waals surface area contributed by atoms with Crippen molar-refractivity contribution in [3.63, 3.8) is 0 Å². The van der Waals surface area contributed by atoms with Gasteiger partial charge in [0.1, 0.15) is 17.9 Å². The van der Waals surface area contributed by atoms with Crippen LogP contribution >= 0.6 is 0 Å². The van der Waals surface area contributed by atoms with E-state index in [0.29, 0.717) is 57.5 Å². The molecule has 81 heavy (non-hydrogen) atoms. The highest BCUT2D eigenvalue weighted by atomic mass is 16.5. The van der Waals surface area contributed by atoms with Gasteiger partial charge >= 0.3 is 29.8 Å². The molecule has 0 amide bonds. The largest absolute Gasteiger partial charge is 0.481 e. The number of carbonyl (C=O) groups is 9. The first-order valence-corrected chi connectivity index (χ1v) is 26.7. The highest BCUT2D eigenvalue weighted by molar-refractivity contribution is 5.95. The molecule has 0 saturated carbocycles. The fraction of sp³-hybridized carbons (Fsp3) is 0.344. The van der Waals surface area contributed by atoms with Crippen LogP contribution in [0.25, 0.3) is 6.08 Å². The monoisotopic (exact) mass is 1120 g/mol. The molecule has 17 nitrogen and oxygen atoms in total. The first-order chi connectivity index (χ1) is 38.9. The fourth-order valence-corrected chi connectivity index (χ4v) is 6.50. The van der Waals surface area contributed by atoms with Crippen LogP contribution in [0.15, 0.2) is 163 Å². The number of carboxylic acids is 3. The molecule has 0 aliphatic rings. The molecule has 1 atom stereocenters. The number of allylic oxidation sites excluding steroid dienone is 1. The van der Waals surface area contributed by atoms with Crippen molar-refractivity contribution in [2.75, 3.05) is 13.2 Å². The Morgan fingerprint density at radius 3 is 1.30 bits per heavy atom. The molecule has 6 N–H and O–H groups in total. The second-order valence-corrected chi connectivity index (χ2v) is 17.7. The normalized spacial score (nSPS) is 10.5. The van der Waals surface area contributed by atoms with Gasteiger partial charge in [-0.05, 0) is 94.0 Å². The molecule has 1 unspecified atom stereocenters. The maximum atomic E-state index is 11.4. The number of hydrogen-bond acceptors (Lipinski definition) is 14.